The SMILES string of the molecule is CC(O)C(NC(=O)c1ccc(=O)n(C)n1)C(=O)O. The fourth-order valence-corrected chi connectivity index (χ4v) is 1.23. The molecule has 1 aromatic heterocycles. The van der Waals surface area contributed by atoms with Crippen LogP contribution >= 0.6 is 0 Å². The lowest BCUT2D eigenvalue weighted by molar-refractivity contribution is -0.141. The summed E-state index contributed by atoms with van der Waals surface area (Å²) in [6.45, 7) is 1.24. The molecule has 2 unspecified atom stereocenters. The van der Waals surface area contributed by atoms with E-state index >= 15 is 0 Å². The molecule has 0 aliphatic carbocycles. The largest absolute Gasteiger partial charge is 0.480 e. The predicted molar refractivity (Wildman–Crippen MR) is 60.0 cm³/mol. The van der Waals surface area contributed by atoms with Gasteiger partial charge in [0.15, 0.2) is 6.04 Å². The molecule has 3 N–H and O–H groups in total. The van der Waals surface area contributed by atoms with Gasteiger partial charge in [-0.1, -0.05) is 0 Å². The van der Waals surface area contributed by atoms with Crippen molar-refractivity contribution in [1.29, 1.82) is 0 Å². The van der Waals surface area contributed by atoms with Crippen molar-refractivity contribution in [3.63, 3.8) is 0 Å². The molecule has 0 aliphatic heterocycles. The van der Waals surface area contributed by atoms with Gasteiger partial charge in [0, 0.05) is 13.1 Å². The lowest BCUT2D eigenvalue weighted by Crippen LogP contribution is -2.48. The van der Waals surface area contributed by atoms with E-state index in [0.29, 0.717) is 0 Å². The second kappa shape index (κ2) is 5.41. The highest BCUT2D eigenvalue weighted by molar-refractivity contribution is 5.94. The minimum atomic E-state index is -1.43. The van der Waals surface area contributed by atoms with Crippen LogP contribution < -0.4 is 10.9 Å². The number of nitrogens with one attached hydrogen (secondary N) is 1. The molecule has 8 heteroatoms. The molecular formula is C10H13N3O5. The van der Waals surface area contributed by atoms with Crippen molar-refractivity contribution in [1.82, 2.24) is 15.1 Å². The number of carbonyl (C=O) groups excluding carboxylic acids is 1. The average Bonchev–Trinajstić information content (AvgIpc) is 2.28. The third kappa shape index (κ3) is 3.14. The summed E-state index contributed by atoms with van der Waals surface area (Å²) in [6.07, 6.45) is -1.25. The molecule has 0 saturated carbocycles. The maximum Gasteiger partial charge on any atom is 0.328 e. The summed E-state index contributed by atoms with van der Waals surface area (Å²) in [5, 5.41) is 23.8. The molecule has 1 heterocycles. The molecular weight excluding hydrogens is 242 g/mol. The van der Waals surface area contributed by atoms with E-state index in [2.05, 4.69) is 10.4 Å². The van der Waals surface area contributed by atoms with Gasteiger partial charge in [0.05, 0.1) is 6.10 Å². The Morgan fingerprint density at radius 1 is 1.44 bits per heavy atom. The Bertz CT molecular complexity index is 522. The van der Waals surface area contributed by atoms with Crippen LogP contribution in [0, 0.1) is 0 Å². The Morgan fingerprint density at radius 2 is 2.06 bits per heavy atom. The van der Waals surface area contributed by atoms with Crippen LogP contribution in [-0.2, 0) is 11.8 Å². The molecule has 18 heavy (non-hydrogen) atoms. The monoisotopic (exact) mass is 255 g/mol. The number of hydrogen-bond acceptors (Lipinski definition) is 5. The van der Waals surface area contributed by atoms with Gasteiger partial charge in [-0.05, 0) is 13.0 Å². The number of hydrogen-bond donors (Lipinski definition) is 3. The minimum Gasteiger partial charge on any atom is -0.480 e. The first-order chi connectivity index (χ1) is 8.32. The quantitative estimate of drug-likeness (QED) is 0.592. The van der Waals surface area contributed by atoms with Gasteiger partial charge in [-0.2, -0.15) is 5.10 Å². The minimum absolute atomic E-state index is 0.107. The Kier molecular flexibility index (Phi) is 4.16. The van der Waals surface area contributed by atoms with Gasteiger partial charge in [-0.25, -0.2) is 9.48 Å². The first-order valence-electron chi connectivity index (χ1n) is 5.09. The van der Waals surface area contributed by atoms with Crippen molar-refractivity contribution < 1.29 is 19.8 Å². The van der Waals surface area contributed by atoms with E-state index in [0.717, 1.165) is 10.7 Å². The number of carbonyl (C=O) groups is 2. The molecule has 98 valence electrons. The van der Waals surface area contributed by atoms with Crippen LogP contribution in [-0.4, -0.2) is 44.0 Å². The second-order valence-corrected chi connectivity index (χ2v) is 3.71. The summed E-state index contributed by atoms with van der Waals surface area (Å²) < 4.78 is 0.951. The number of aliphatic hydroxyl groups excluding tert-OH is 1. The smallest absolute Gasteiger partial charge is 0.328 e. The summed E-state index contributed by atoms with van der Waals surface area (Å²) in [5.74, 6) is -2.14. The third-order valence-corrected chi connectivity index (χ3v) is 2.23. The van der Waals surface area contributed by atoms with Crippen molar-refractivity contribution in [3.05, 3.63) is 28.2 Å². The van der Waals surface area contributed by atoms with E-state index < -0.39 is 29.6 Å². The lowest BCUT2D eigenvalue weighted by atomic mass is 10.2. The van der Waals surface area contributed by atoms with Gasteiger partial charge in [0.1, 0.15) is 5.69 Å². The molecule has 0 saturated heterocycles. The fraction of sp³-hybridized carbons (Fsp3) is 0.400. The van der Waals surface area contributed by atoms with Crippen LogP contribution in [0.3, 0.4) is 0 Å². The Hall–Kier alpha value is -2.22. The summed E-state index contributed by atoms with van der Waals surface area (Å²) in [6, 6.07) is 0.884. The second-order valence-electron chi connectivity index (χ2n) is 3.71. The first-order valence-corrected chi connectivity index (χ1v) is 5.09. The standard InChI is InChI=1S/C10H13N3O5/c1-5(14)8(10(17)18)11-9(16)6-3-4-7(15)13(2)12-6/h3-5,8,14H,1-2H3,(H,11,16)(H,17,18). The zero-order valence-electron chi connectivity index (χ0n) is 9.82. The summed E-state index contributed by atoms with van der Waals surface area (Å²) in [5.41, 5.74) is -0.499. The number of aryl methyl sites for hydroxylation is 1. The predicted octanol–water partition coefficient (Wildman–Crippen LogP) is -1.66. The molecule has 0 radical (unpaired) electrons. The van der Waals surface area contributed by atoms with Gasteiger partial charge in [0.2, 0.25) is 0 Å². The zero-order valence-corrected chi connectivity index (χ0v) is 9.82. The number of rotatable bonds is 4. The van der Waals surface area contributed by atoms with Crippen LogP contribution in [0.4, 0.5) is 0 Å². The highest BCUT2D eigenvalue weighted by atomic mass is 16.4. The number of carboxylic acid groups (broad SMARTS) is 1. The van der Waals surface area contributed by atoms with E-state index in [1.807, 2.05) is 0 Å². The number of carboxylic acids is 1. The van der Waals surface area contributed by atoms with Crippen molar-refractivity contribution in [2.45, 2.75) is 19.1 Å². The van der Waals surface area contributed by atoms with E-state index in [1.54, 1.807) is 0 Å². The average molecular weight is 255 g/mol. The molecule has 1 aromatic rings. The van der Waals surface area contributed by atoms with Crippen LogP contribution in [0.25, 0.3) is 0 Å². The van der Waals surface area contributed by atoms with Crippen molar-refractivity contribution in [2.75, 3.05) is 0 Å². The maximum atomic E-state index is 11.7. The van der Waals surface area contributed by atoms with Gasteiger partial charge in [0.25, 0.3) is 11.5 Å². The van der Waals surface area contributed by atoms with Gasteiger partial charge in [-0.3, -0.25) is 9.59 Å². The fourth-order valence-electron chi connectivity index (χ4n) is 1.23. The van der Waals surface area contributed by atoms with Crippen LogP contribution in [0.5, 0.6) is 0 Å². The third-order valence-electron chi connectivity index (χ3n) is 2.23. The highest BCUT2D eigenvalue weighted by Crippen LogP contribution is 1.97. The molecule has 1 rings (SSSR count). The van der Waals surface area contributed by atoms with Crippen molar-refractivity contribution in [3.8, 4) is 0 Å². The summed E-state index contributed by atoms with van der Waals surface area (Å²) in [4.78, 5) is 33.5. The maximum absolute atomic E-state index is 11.7. The van der Waals surface area contributed by atoms with E-state index in [-0.39, 0.29) is 5.69 Å². The number of amides is 1. The summed E-state index contributed by atoms with van der Waals surface area (Å²) in [7, 11) is 1.36. The number of aliphatic hydroxyl groups is 1. The topological polar surface area (TPSA) is 122 Å². The van der Waals surface area contributed by atoms with Crippen molar-refractivity contribution in [2.24, 2.45) is 7.05 Å². The number of aliphatic carboxylic acids is 1. The zero-order chi connectivity index (χ0) is 13.9. The van der Waals surface area contributed by atoms with E-state index in [4.69, 9.17) is 5.11 Å². The number of aromatic nitrogens is 2. The van der Waals surface area contributed by atoms with Crippen LogP contribution in [0.1, 0.15) is 17.4 Å². The molecule has 1 amide bonds. The Balaban J connectivity index is 2.90. The Morgan fingerprint density at radius 3 is 2.50 bits per heavy atom. The Labute approximate surface area is 102 Å². The van der Waals surface area contributed by atoms with Gasteiger partial charge < -0.3 is 15.5 Å². The molecule has 8 nitrogen and oxygen atoms in total. The molecule has 0 spiro atoms. The summed E-state index contributed by atoms with van der Waals surface area (Å²) >= 11 is 0. The molecule has 0 aliphatic rings. The highest BCUT2D eigenvalue weighted by Gasteiger charge is 2.26. The lowest BCUT2D eigenvalue weighted by Gasteiger charge is -2.16. The molecule has 0 fully saturated rings. The molecule has 0 aromatic carbocycles. The molecule has 0 bridgehead atoms. The molecule has 2 atom stereocenters. The van der Waals surface area contributed by atoms with Crippen molar-refractivity contribution >= 4 is 11.9 Å². The van der Waals surface area contributed by atoms with Crippen LogP contribution in [0.15, 0.2) is 16.9 Å². The van der Waals surface area contributed by atoms with E-state index in [1.165, 1.54) is 20.0 Å². The van der Waals surface area contributed by atoms with Gasteiger partial charge >= 0.3 is 5.97 Å². The van der Waals surface area contributed by atoms with E-state index in [9.17, 15) is 19.5 Å². The first kappa shape index (κ1) is 13.8. The van der Waals surface area contributed by atoms with Crippen LogP contribution in [0.2, 0.25) is 0 Å². The van der Waals surface area contributed by atoms with Gasteiger partial charge in [-0.15, -0.1) is 0 Å². The number of nitrogens with zero attached hydrogens (tertiary/aromatic N) is 2. The normalized spacial score (nSPS) is 13.7.